The van der Waals surface area contributed by atoms with Gasteiger partial charge >= 0.3 is 0 Å². The van der Waals surface area contributed by atoms with Crippen molar-refractivity contribution in [1.82, 2.24) is 29.1 Å². The van der Waals surface area contributed by atoms with Crippen LogP contribution in [0, 0.1) is 10.8 Å². The number of carbonyl (C=O) groups excluding carboxylic acids is 1. The zero-order valence-electron chi connectivity index (χ0n) is 33.6. The molecule has 12 nitrogen and oxygen atoms in total. The highest BCUT2D eigenvalue weighted by Gasteiger charge is 2.30. The molecule has 1 saturated heterocycles. The number of amides is 1. The van der Waals surface area contributed by atoms with Gasteiger partial charge in [0.2, 0.25) is 11.9 Å². The molecule has 0 radical (unpaired) electrons. The average Bonchev–Trinajstić information content (AvgIpc) is 3.57. The summed E-state index contributed by atoms with van der Waals surface area (Å²) in [4.78, 5) is 22.0. The lowest BCUT2D eigenvalue weighted by atomic mass is 9.79. The van der Waals surface area contributed by atoms with Gasteiger partial charge in [-0.2, -0.15) is 5.10 Å². The van der Waals surface area contributed by atoms with Gasteiger partial charge in [0.05, 0.1) is 30.0 Å². The number of benzene rings is 1. The fourth-order valence-electron chi connectivity index (χ4n) is 7.81. The van der Waals surface area contributed by atoms with E-state index in [9.17, 15) is 4.79 Å². The second kappa shape index (κ2) is 17.2. The predicted octanol–water partition coefficient (Wildman–Crippen LogP) is 7.64. The summed E-state index contributed by atoms with van der Waals surface area (Å²) in [6, 6.07) is 16.4. The molecule has 1 aliphatic heterocycles. The molecule has 2 aliphatic rings. The highest BCUT2D eigenvalue weighted by atomic mass is 16.5. The molecule has 3 aromatic heterocycles. The topological polar surface area (TPSA) is 137 Å². The van der Waals surface area contributed by atoms with E-state index in [1.165, 1.54) is 5.56 Å². The van der Waals surface area contributed by atoms with E-state index in [-0.39, 0.29) is 35.0 Å². The molecule has 4 unspecified atom stereocenters. The summed E-state index contributed by atoms with van der Waals surface area (Å²) in [5.74, 6) is 2.51. The van der Waals surface area contributed by atoms with Gasteiger partial charge in [0, 0.05) is 42.6 Å². The van der Waals surface area contributed by atoms with Crippen LogP contribution in [0.5, 0.6) is 11.5 Å². The average molecular weight is 750 g/mol. The number of likely N-dealkylation sites (tertiary alicyclic amines) is 1. The summed E-state index contributed by atoms with van der Waals surface area (Å²) < 4.78 is 16.0. The normalized spacial score (nSPS) is 19.9. The Morgan fingerprint density at radius 2 is 1.73 bits per heavy atom. The number of piperidine rings is 1. The van der Waals surface area contributed by atoms with Crippen LogP contribution in [-0.2, 0) is 10.2 Å². The Bertz CT molecular complexity index is 2000. The molecule has 6 rings (SSSR count). The molecule has 55 heavy (non-hydrogen) atoms. The van der Waals surface area contributed by atoms with E-state index in [1.54, 1.807) is 33.9 Å². The summed E-state index contributed by atoms with van der Waals surface area (Å²) in [6.45, 7) is 12.0. The van der Waals surface area contributed by atoms with Crippen molar-refractivity contribution in [3.05, 3.63) is 89.4 Å². The first-order chi connectivity index (χ1) is 26.3. The lowest BCUT2D eigenvalue weighted by molar-refractivity contribution is -0.116. The van der Waals surface area contributed by atoms with Crippen molar-refractivity contribution in [3.63, 3.8) is 0 Å². The molecule has 3 N–H and O–H groups in total. The van der Waals surface area contributed by atoms with Gasteiger partial charge in [-0.15, -0.1) is 0 Å². The minimum Gasteiger partial charge on any atom is -0.491 e. The molecule has 12 heteroatoms. The maximum atomic E-state index is 13.5. The number of nitrogens with one attached hydrogen (secondary N) is 3. The van der Waals surface area contributed by atoms with Crippen LogP contribution in [0.3, 0.4) is 0 Å². The van der Waals surface area contributed by atoms with Crippen molar-refractivity contribution >= 4 is 17.7 Å². The molecule has 0 spiro atoms. The number of fused-ring (bicyclic) bond motifs is 1. The van der Waals surface area contributed by atoms with E-state index < -0.39 is 0 Å². The second-order valence-electron chi connectivity index (χ2n) is 16.5. The van der Waals surface area contributed by atoms with Crippen LogP contribution >= 0.6 is 0 Å². The van der Waals surface area contributed by atoms with Crippen LogP contribution in [-0.4, -0.2) is 80.3 Å². The van der Waals surface area contributed by atoms with Crippen LogP contribution in [0.2, 0.25) is 0 Å². The number of ether oxygens (including phenoxy) is 2. The maximum absolute atomic E-state index is 13.5. The van der Waals surface area contributed by atoms with E-state index in [2.05, 4.69) is 79.0 Å². The lowest BCUT2D eigenvalue weighted by Gasteiger charge is -2.41. The smallest absolute Gasteiger partial charge is 0.225 e. The van der Waals surface area contributed by atoms with Gasteiger partial charge in [0.1, 0.15) is 35.5 Å². The number of anilines is 1. The van der Waals surface area contributed by atoms with Gasteiger partial charge in [0.25, 0.3) is 0 Å². The number of likely N-dealkylation sites (N-methyl/N-ethyl adjacent to an activating group) is 1. The quantitative estimate of drug-likeness (QED) is 0.100. The van der Waals surface area contributed by atoms with Crippen molar-refractivity contribution in [2.45, 2.75) is 116 Å². The Balaban J connectivity index is 1.09. The molecule has 0 bridgehead atoms. The first-order valence-corrected chi connectivity index (χ1v) is 19.8. The van der Waals surface area contributed by atoms with E-state index in [4.69, 9.17) is 25.4 Å². The van der Waals surface area contributed by atoms with Gasteiger partial charge in [-0.05, 0) is 102 Å². The molecule has 4 aromatic rings. The van der Waals surface area contributed by atoms with Gasteiger partial charge in [-0.25, -0.2) is 4.68 Å². The summed E-state index contributed by atoms with van der Waals surface area (Å²) in [5.41, 5.74) is 4.07. The Kier molecular flexibility index (Phi) is 12.4. The van der Waals surface area contributed by atoms with Crippen molar-refractivity contribution in [1.29, 1.82) is 10.8 Å². The third kappa shape index (κ3) is 9.65. The van der Waals surface area contributed by atoms with Crippen molar-refractivity contribution in [2.75, 3.05) is 32.6 Å². The summed E-state index contributed by atoms with van der Waals surface area (Å²) in [6.07, 6.45) is 12.2. The monoisotopic (exact) mass is 749 g/mol. The number of nitrogens with zero attached hydrogens (tertiary/aromatic N) is 6. The summed E-state index contributed by atoms with van der Waals surface area (Å²) >= 11 is 0. The fraction of sp³-hybridized carbons (Fsp3) is 0.512. The molecular formula is C43H59N9O3. The van der Waals surface area contributed by atoms with Gasteiger partial charge in [-0.3, -0.25) is 25.2 Å². The minimum absolute atomic E-state index is 0.0525. The SMILES string of the molecule is CC1CCCC(C)N1C(=N)n1cc(OC2CCC(CCCC(=O)Nc3cc(C(C)(C)C)nn3-c3cncc(OCCN(C)C)c3)c3ccccc32)ccc1=N. The minimum atomic E-state index is -0.215. The second-order valence-corrected chi connectivity index (χ2v) is 16.5. The fourth-order valence-corrected chi connectivity index (χ4v) is 7.81. The first-order valence-electron chi connectivity index (χ1n) is 19.8. The molecule has 294 valence electrons. The van der Waals surface area contributed by atoms with Crippen LogP contribution in [0.1, 0.15) is 115 Å². The number of pyridine rings is 2. The summed E-state index contributed by atoms with van der Waals surface area (Å²) in [5, 5.41) is 25.6. The van der Waals surface area contributed by atoms with Crippen molar-refractivity contribution < 1.29 is 14.3 Å². The van der Waals surface area contributed by atoms with E-state index >= 15 is 0 Å². The van der Waals surface area contributed by atoms with Crippen molar-refractivity contribution in [3.8, 4) is 17.2 Å². The third-order valence-corrected chi connectivity index (χ3v) is 10.9. The highest BCUT2D eigenvalue weighted by molar-refractivity contribution is 5.90. The Morgan fingerprint density at radius 3 is 2.45 bits per heavy atom. The molecule has 0 saturated carbocycles. The third-order valence-electron chi connectivity index (χ3n) is 10.9. The van der Waals surface area contributed by atoms with E-state index in [0.717, 1.165) is 68.4 Å². The molecule has 4 atom stereocenters. The molecule has 4 heterocycles. The maximum Gasteiger partial charge on any atom is 0.225 e. The first kappa shape index (κ1) is 39.7. The Labute approximate surface area is 325 Å². The van der Waals surface area contributed by atoms with E-state index in [0.29, 0.717) is 42.2 Å². The van der Waals surface area contributed by atoms with Gasteiger partial charge in [-0.1, -0.05) is 45.0 Å². The molecule has 1 amide bonds. The van der Waals surface area contributed by atoms with Crippen LogP contribution in [0.25, 0.3) is 5.69 Å². The molecular weight excluding hydrogens is 691 g/mol. The number of hydrogen-bond acceptors (Lipinski definition) is 8. The Hall–Kier alpha value is -4.97. The van der Waals surface area contributed by atoms with E-state index in [1.807, 2.05) is 32.3 Å². The Morgan fingerprint density at radius 1 is 0.982 bits per heavy atom. The summed E-state index contributed by atoms with van der Waals surface area (Å²) in [7, 11) is 4.01. The number of rotatable bonds is 12. The standard InChI is InChI=1S/C43H59N9O3/c1-29-12-10-13-30(2)51(29)42(45)50-28-33(19-21-39(50)44)55-37-20-18-31(35-15-8-9-16-36(35)37)14-11-17-41(53)47-40-25-38(43(3,4)5)48-52(40)32-24-34(27-46-26-32)54-23-22-49(6)7/h8-9,15-16,19,21,24-31,37,44-45H,10-14,17-18,20,22-23H2,1-7H3,(H,47,53). The van der Waals surface area contributed by atoms with Crippen LogP contribution in [0.15, 0.2) is 67.1 Å². The number of aromatic nitrogens is 4. The number of carbonyl (C=O) groups is 1. The molecule has 1 fully saturated rings. The van der Waals surface area contributed by atoms with Crippen LogP contribution < -0.4 is 20.3 Å². The molecule has 1 aliphatic carbocycles. The highest BCUT2D eigenvalue weighted by Crippen LogP contribution is 2.42. The lowest BCUT2D eigenvalue weighted by Crippen LogP contribution is -2.51. The van der Waals surface area contributed by atoms with Gasteiger partial charge < -0.3 is 24.6 Å². The van der Waals surface area contributed by atoms with Gasteiger partial charge in [0.15, 0.2) is 0 Å². The predicted molar refractivity (Wildman–Crippen MR) is 216 cm³/mol. The zero-order valence-corrected chi connectivity index (χ0v) is 33.6. The largest absolute Gasteiger partial charge is 0.491 e. The zero-order chi connectivity index (χ0) is 39.3. The van der Waals surface area contributed by atoms with Crippen molar-refractivity contribution in [2.24, 2.45) is 0 Å². The molecule has 1 aromatic carbocycles. The number of hydrogen-bond donors (Lipinski definition) is 3. The van der Waals surface area contributed by atoms with Crippen LogP contribution in [0.4, 0.5) is 5.82 Å².